The molecule has 2 N–H and O–H groups in total. The summed E-state index contributed by atoms with van der Waals surface area (Å²) in [5, 5.41) is 15.8. The molecule has 6 aromatic carbocycles. The van der Waals surface area contributed by atoms with Crippen molar-refractivity contribution >= 4 is 56.8 Å². The molecule has 2 amide bonds. The fourth-order valence-corrected chi connectivity index (χ4v) is 10.4. The number of ketones is 2. The van der Waals surface area contributed by atoms with Crippen LogP contribution in [0.15, 0.2) is 169 Å². The maximum absolute atomic E-state index is 15.4. The van der Waals surface area contributed by atoms with Gasteiger partial charge >= 0.3 is 0 Å². The molecule has 57 heavy (non-hydrogen) atoms. The van der Waals surface area contributed by atoms with E-state index in [1.165, 1.54) is 11.0 Å². The number of allylic oxidation sites excluding steroid dienone is 4. The molecule has 1 saturated carbocycles. The van der Waals surface area contributed by atoms with Gasteiger partial charge < -0.3 is 10.4 Å². The van der Waals surface area contributed by atoms with Crippen molar-refractivity contribution in [3.05, 3.63) is 186 Å². The van der Waals surface area contributed by atoms with E-state index >= 15 is 9.59 Å². The van der Waals surface area contributed by atoms with Crippen LogP contribution in [0.4, 0.5) is 17.1 Å². The van der Waals surface area contributed by atoms with Gasteiger partial charge in [0, 0.05) is 34.2 Å². The first-order valence-electron chi connectivity index (χ1n) is 19.5. The molecule has 7 nitrogen and oxygen atoms in total. The number of carbonyl (C=O) groups is 4. The van der Waals surface area contributed by atoms with E-state index in [2.05, 4.69) is 11.4 Å². The van der Waals surface area contributed by atoms with Crippen LogP contribution < -0.4 is 10.2 Å². The van der Waals surface area contributed by atoms with Crippen LogP contribution in [-0.2, 0) is 24.6 Å². The second-order valence-electron chi connectivity index (χ2n) is 15.6. The zero-order chi connectivity index (χ0) is 38.8. The van der Waals surface area contributed by atoms with Gasteiger partial charge in [-0.15, -0.1) is 0 Å². The van der Waals surface area contributed by atoms with Crippen molar-refractivity contribution < 1.29 is 24.3 Å². The molecule has 2 fully saturated rings. The third-order valence-electron chi connectivity index (χ3n) is 12.8. The third kappa shape index (κ3) is 5.26. The third-order valence-corrected chi connectivity index (χ3v) is 12.8. The van der Waals surface area contributed by atoms with E-state index in [4.69, 9.17) is 0 Å². The minimum Gasteiger partial charge on any atom is -0.507 e. The van der Waals surface area contributed by atoms with Crippen molar-refractivity contribution in [1.29, 1.82) is 0 Å². The van der Waals surface area contributed by atoms with Gasteiger partial charge in [0.05, 0.1) is 22.9 Å². The highest BCUT2D eigenvalue weighted by atomic mass is 16.3. The van der Waals surface area contributed by atoms with E-state index in [9.17, 15) is 14.7 Å². The Morgan fingerprint density at radius 1 is 0.632 bits per heavy atom. The maximum Gasteiger partial charge on any atom is 0.238 e. The summed E-state index contributed by atoms with van der Waals surface area (Å²) in [6.45, 7) is 0. The minimum absolute atomic E-state index is 0.110. The molecule has 4 aliphatic rings. The molecule has 0 unspecified atom stereocenters. The molecule has 0 bridgehead atoms. The van der Waals surface area contributed by atoms with Crippen molar-refractivity contribution in [3.8, 4) is 5.75 Å². The van der Waals surface area contributed by atoms with Crippen molar-refractivity contribution in [2.24, 2.45) is 23.7 Å². The van der Waals surface area contributed by atoms with E-state index in [0.717, 1.165) is 33.5 Å². The van der Waals surface area contributed by atoms with Crippen LogP contribution in [0.25, 0.3) is 16.3 Å². The van der Waals surface area contributed by atoms with Gasteiger partial charge in [-0.05, 0) is 89.4 Å². The summed E-state index contributed by atoms with van der Waals surface area (Å²) in [5.74, 6) is -4.16. The number of fused-ring (bicyclic) bond motifs is 5. The van der Waals surface area contributed by atoms with Gasteiger partial charge in [-0.3, -0.25) is 24.1 Å². The van der Waals surface area contributed by atoms with Crippen molar-refractivity contribution in [2.75, 3.05) is 10.2 Å². The molecule has 1 heterocycles. The second-order valence-corrected chi connectivity index (χ2v) is 15.6. The molecule has 10 rings (SSSR count). The van der Waals surface area contributed by atoms with Gasteiger partial charge in [-0.25, -0.2) is 0 Å². The van der Waals surface area contributed by atoms with Crippen LogP contribution in [0.1, 0.15) is 35.4 Å². The summed E-state index contributed by atoms with van der Waals surface area (Å²) in [5.41, 5.74) is 4.29. The first-order valence-corrected chi connectivity index (χ1v) is 19.5. The molecule has 0 radical (unpaired) electrons. The molecule has 3 aliphatic carbocycles. The zero-order valence-electron chi connectivity index (χ0n) is 30.9. The van der Waals surface area contributed by atoms with Crippen LogP contribution in [0.2, 0.25) is 0 Å². The number of anilines is 3. The van der Waals surface area contributed by atoms with Crippen LogP contribution in [0, 0.1) is 23.7 Å². The van der Waals surface area contributed by atoms with Crippen LogP contribution in [0.5, 0.6) is 5.75 Å². The summed E-state index contributed by atoms with van der Waals surface area (Å²) in [4.78, 5) is 61.3. The first-order chi connectivity index (χ1) is 27.9. The fourth-order valence-electron chi connectivity index (χ4n) is 10.4. The number of amides is 2. The average Bonchev–Trinajstić information content (AvgIpc) is 3.51. The van der Waals surface area contributed by atoms with E-state index in [1.807, 2.05) is 133 Å². The number of carbonyl (C=O) groups excluding carboxylic acids is 4. The first kappa shape index (κ1) is 34.6. The molecule has 6 aromatic rings. The lowest BCUT2D eigenvalue weighted by Crippen LogP contribution is -2.58. The number of nitrogens with one attached hydrogen (secondary N) is 1. The summed E-state index contributed by atoms with van der Waals surface area (Å²) < 4.78 is 0. The van der Waals surface area contributed by atoms with E-state index in [0.29, 0.717) is 28.6 Å². The smallest absolute Gasteiger partial charge is 0.238 e. The number of benzene rings is 6. The number of rotatable bonds is 6. The van der Waals surface area contributed by atoms with Gasteiger partial charge in [-0.1, -0.05) is 121 Å². The number of phenolic OH excluding ortho intramolecular Hbond substituents is 1. The molecular formula is C50H38N2O5. The highest BCUT2D eigenvalue weighted by molar-refractivity contribution is 6.32. The number of Topliss-reactive ketones (excluding diaryl/α,β-unsaturated/α-hetero) is 1. The van der Waals surface area contributed by atoms with Gasteiger partial charge in [0.15, 0.2) is 11.6 Å². The van der Waals surface area contributed by atoms with Gasteiger partial charge in [0.1, 0.15) is 5.75 Å². The van der Waals surface area contributed by atoms with E-state index in [-0.39, 0.29) is 35.6 Å². The second kappa shape index (κ2) is 13.4. The predicted octanol–water partition coefficient (Wildman–Crippen LogP) is 9.32. The van der Waals surface area contributed by atoms with Crippen molar-refractivity contribution in [1.82, 2.24) is 0 Å². The Hall–Kier alpha value is -6.86. The number of para-hydroxylation sites is 1. The molecular weight excluding hydrogens is 709 g/mol. The normalized spacial score (nSPS) is 25.3. The number of phenols is 1. The van der Waals surface area contributed by atoms with Crippen LogP contribution in [0.3, 0.4) is 0 Å². The number of aromatic hydroxyl groups is 1. The largest absolute Gasteiger partial charge is 0.507 e. The lowest BCUT2D eigenvalue weighted by atomic mass is 9.44. The topological polar surface area (TPSA) is 104 Å². The fraction of sp³-hybridized carbons (Fsp3) is 0.160. The van der Waals surface area contributed by atoms with Gasteiger partial charge in [0.2, 0.25) is 11.8 Å². The Balaban J connectivity index is 1.14. The Kier molecular flexibility index (Phi) is 8.15. The summed E-state index contributed by atoms with van der Waals surface area (Å²) >= 11 is 0. The summed E-state index contributed by atoms with van der Waals surface area (Å²) in [6, 6.07) is 47.0. The Labute approximate surface area is 330 Å². The van der Waals surface area contributed by atoms with Crippen molar-refractivity contribution in [2.45, 2.75) is 24.2 Å². The average molecular weight is 747 g/mol. The van der Waals surface area contributed by atoms with Gasteiger partial charge in [0.25, 0.3) is 0 Å². The zero-order valence-corrected chi connectivity index (χ0v) is 30.9. The molecule has 7 heteroatoms. The lowest BCUT2D eigenvalue weighted by molar-refractivity contribution is -0.134. The molecule has 6 atom stereocenters. The number of hydrogen-bond donors (Lipinski definition) is 2. The maximum atomic E-state index is 15.4. The minimum atomic E-state index is -1.36. The number of imide groups is 1. The Morgan fingerprint density at radius 3 is 1.98 bits per heavy atom. The summed E-state index contributed by atoms with van der Waals surface area (Å²) in [6.07, 6.45) is 4.15. The molecule has 0 spiro atoms. The highest BCUT2D eigenvalue weighted by Crippen LogP contribution is 2.64. The van der Waals surface area contributed by atoms with Gasteiger partial charge in [-0.2, -0.15) is 0 Å². The standard InChI is InChI=1S/C50H38N2O5/c53-43-27-26-37(35-18-10-11-19-36(35)43)46-38-24-25-39-45(49(57)52(48(39)56)34-22-20-33(21-23-34)51-32-16-8-3-9-17-32)41(38)28-42-47(55)40(30-12-4-1-5-13-30)29-44(54)50(42,46)31-14-6-2-7-15-31/h1-24,26-27,29,39,41-42,45-46,51,53H,25,28H2/t39-,41+,42-,45-,46-,50-/m0/s1. The van der Waals surface area contributed by atoms with E-state index in [1.54, 1.807) is 18.2 Å². The molecule has 278 valence electrons. The van der Waals surface area contributed by atoms with Crippen LogP contribution >= 0.6 is 0 Å². The molecule has 1 aliphatic heterocycles. The highest BCUT2D eigenvalue weighted by Gasteiger charge is 2.66. The lowest BCUT2D eigenvalue weighted by Gasteiger charge is -2.55. The summed E-state index contributed by atoms with van der Waals surface area (Å²) in [7, 11) is 0. The van der Waals surface area contributed by atoms with Crippen molar-refractivity contribution in [3.63, 3.8) is 0 Å². The molecule has 0 aromatic heterocycles. The van der Waals surface area contributed by atoms with Crippen LogP contribution in [-0.4, -0.2) is 28.5 Å². The monoisotopic (exact) mass is 746 g/mol. The quantitative estimate of drug-likeness (QED) is 0.130. The number of hydrogen-bond acceptors (Lipinski definition) is 6. The molecule has 1 saturated heterocycles. The SMILES string of the molecule is O=C1C(c2ccccc2)=CC(=O)[C@@]2(c3ccccc3)[C@@H](c3ccc(O)c4ccccc34)C3=CC[C@@H]4C(=O)N(c5ccc(Nc6ccccc6)cc5)C(=O)[C@@H]4[C@@H]3C[C@@H]12. The number of nitrogens with zero attached hydrogens (tertiary/aromatic N) is 1. The Morgan fingerprint density at radius 2 is 1.26 bits per heavy atom. The predicted molar refractivity (Wildman–Crippen MR) is 221 cm³/mol. The van der Waals surface area contributed by atoms with E-state index < -0.39 is 35.0 Å². The Bertz CT molecular complexity index is 2670.